The number of thioether (sulfide) groups is 1. The summed E-state index contributed by atoms with van der Waals surface area (Å²) >= 11 is 6.66. The molecule has 0 aromatic carbocycles. The molecule has 0 spiro atoms. The average molecular weight is 233 g/mol. The SMILES string of the molecule is CCC(=S)N1C(C(=O)O)SCC1(C)C. The van der Waals surface area contributed by atoms with E-state index in [-0.39, 0.29) is 5.54 Å². The summed E-state index contributed by atoms with van der Waals surface area (Å²) in [6.07, 6.45) is 0.725. The Balaban J connectivity index is 2.92. The topological polar surface area (TPSA) is 40.5 Å². The van der Waals surface area contributed by atoms with Gasteiger partial charge in [-0.05, 0) is 20.3 Å². The molecule has 1 fully saturated rings. The van der Waals surface area contributed by atoms with Crippen molar-refractivity contribution in [1.29, 1.82) is 0 Å². The zero-order chi connectivity index (χ0) is 10.9. The number of thiocarbonyl (C=S) groups is 1. The molecule has 0 aromatic heterocycles. The predicted octanol–water partition coefficient (Wildman–Crippen LogP) is 1.96. The van der Waals surface area contributed by atoms with Gasteiger partial charge in [-0.2, -0.15) is 0 Å². The number of aliphatic carboxylic acids is 1. The maximum atomic E-state index is 11.0. The molecular weight excluding hydrogens is 218 g/mol. The molecule has 0 amide bonds. The highest BCUT2D eigenvalue weighted by atomic mass is 32.2. The Morgan fingerprint density at radius 2 is 2.29 bits per heavy atom. The van der Waals surface area contributed by atoms with E-state index in [4.69, 9.17) is 17.3 Å². The van der Waals surface area contributed by atoms with Gasteiger partial charge < -0.3 is 10.0 Å². The Labute approximate surface area is 93.9 Å². The van der Waals surface area contributed by atoms with E-state index in [1.807, 2.05) is 25.7 Å². The van der Waals surface area contributed by atoms with Crippen molar-refractivity contribution in [2.24, 2.45) is 0 Å². The number of hydrogen-bond donors (Lipinski definition) is 1. The molecule has 1 N–H and O–H groups in total. The minimum Gasteiger partial charge on any atom is -0.479 e. The van der Waals surface area contributed by atoms with E-state index in [0.29, 0.717) is 0 Å². The number of hydrogen-bond acceptors (Lipinski definition) is 3. The lowest BCUT2D eigenvalue weighted by Crippen LogP contribution is -2.49. The standard InChI is InChI=1S/C9H15NO2S2/c1-4-6(13)10-7(8(11)12)14-5-9(10,2)3/h7H,4-5H2,1-3H3,(H,11,12). The molecule has 0 aromatic rings. The van der Waals surface area contributed by atoms with Crippen molar-refractivity contribution < 1.29 is 9.90 Å². The summed E-state index contributed by atoms with van der Waals surface area (Å²) in [6.45, 7) is 6.02. The van der Waals surface area contributed by atoms with Gasteiger partial charge in [0.05, 0.1) is 4.99 Å². The van der Waals surface area contributed by atoms with Crippen LogP contribution in [0.2, 0.25) is 0 Å². The van der Waals surface area contributed by atoms with Crippen molar-refractivity contribution >= 4 is 34.9 Å². The second-order valence-electron chi connectivity index (χ2n) is 3.93. The first-order valence-electron chi connectivity index (χ1n) is 4.56. The maximum absolute atomic E-state index is 11.0. The molecule has 1 heterocycles. The summed E-state index contributed by atoms with van der Waals surface area (Å²) in [5.41, 5.74) is -0.138. The molecule has 0 bridgehead atoms. The van der Waals surface area contributed by atoms with Crippen LogP contribution in [0.15, 0.2) is 0 Å². The zero-order valence-corrected chi connectivity index (χ0v) is 10.2. The number of carboxylic acids is 1. The fraction of sp³-hybridized carbons (Fsp3) is 0.778. The normalized spacial score (nSPS) is 25.1. The third kappa shape index (κ3) is 2.03. The molecule has 80 valence electrons. The van der Waals surface area contributed by atoms with Crippen LogP contribution in [0.3, 0.4) is 0 Å². The minimum atomic E-state index is -0.795. The molecule has 1 aliphatic rings. The van der Waals surface area contributed by atoms with Crippen LogP contribution in [-0.2, 0) is 4.79 Å². The van der Waals surface area contributed by atoms with Crippen molar-refractivity contribution in [3.05, 3.63) is 0 Å². The van der Waals surface area contributed by atoms with Gasteiger partial charge in [-0.15, -0.1) is 11.8 Å². The van der Waals surface area contributed by atoms with E-state index in [0.717, 1.165) is 17.2 Å². The first-order chi connectivity index (χ1) is 6.40. The smallest absolute Gasteiger partial charge is 0.337 e. The quantitative estimate of drug-likeness (QED) is 0.738. The van der Waals surface area contributed by atoms with Crippen LogP contribution < -0.4 is 0 Å². The van der Waals surface area contributed by atoms with Crippen molar-refractivity contribution in [2.45, 2.75) is 38.1 Å². The maximum Gasteiger partial charge on any atom is 0.337 e. The Kier molecular flexibility index (Phi) is 3.42. The molecule has 1 saturated heterocycles. The van der Waals surface area contributed by atoms with E-state index >= 15 is 0 Å². The highest BCUT2D eigenvalue weighted by molar-refractivity contribution is 8.01. The average Bonchev–Trinajstić information content (AvgIpc) is 2.40. The fourth-order valence-corrected chi connectivity index (χ4v) is 3.39. The first kappa shape index (κ1) is 11.8. The summed E-state index contributed by atoms with van der Waals surface area (Å²) in [7, 11) is 0. The highest BCUT2D eigenvalue weighted by Crippen LogP contribution is 2.37. The minimum absolute atomic E-state index is 0.138. The second-order valence-corrected chi connectivity index (χ2v) is 5.47. The Morgan fingerprint density at radius 1 is 1.71 bits per heavy atom. The lowest BCUT2D eigenvalue weighted by Gasteiger charge is -2.35. The monoisotopic (exact) mass is 233 g/mol. The van der Waals surface area contributed by atoms with Gasteiger partial charge in [0.25, 0.3) is 0 Å². The van der Waals surface area contributed by atoms with Gasteiger partial charge in [0.1, 0.15) is 0 Å². The van der Waals surface area contributed by atoms with Crippen molar-refractivity contribution in [1.82, 2.24) is 4.90 Å². The molecule has 1 aliphatic heterocycles. The third-order valence-corrected chi connectivity index (χ3v) is 4.35. The summed E-state index contributed by atoms with van der Waals surface area (Å²) in [5, 5.41) is 8.54. The predicted molar refractivity (Wildman–Crippen MR) is 62.7 cm³/mol. The number of carbonyl (C=O) groups is 1. The number of rotatable bonds is 2. The molecule has 1 unspecified atom stereocenters. The van der Waals surface area contributed by atoms with Crippen LogP contribution >= 0.6 is 24.0 Å². The van der Waals surface area contributed by atoms with Crippen LogP contribution in [0.25, 0.3) is 0 Å². The molecular formula is C9H15NO2S2. The van der Waals surface area contributed by atoms with Gasteiger partial charge in [0.15, 0.2) is 5.37 Å². The molecule has 3 nitrogen and oxygen atoms in total. The van der Waals surface area contributed by atoms with E-state index in [2.05, 4.69) is 0 Å². The fourth-order valence-electron chi connectivity index (χ4n) is 1.56. The molecule has 0 aliphatic carbocycles. The van der Waals surface area contributed by atoms with E-state index in [9.17, 15) is 4.79 Å². The molecule has 1 rings (SSSR count). The first-order valence-corrected chi connectivity index (χ1v) is 6.02. The van der Waals surface area contributed by atoms with Gasteiger partial charge in [-0.3, -0.25) is 0 Å². The lowest BCUT2D eigenvalue weighted by molar-refractivity contribution is -0.139. The Bertz CT molecular complexity index is 266. The van der Waals surface area contributed by atoms with Gasteiger partial charge in [-0.1, -0.05) is 19.1 Å². The molecule has 0 radical (unpaired) electrons. The molecule has 1 atom stereocenters. The van der Waals surface area contributed by atoms with Crippen molar-refractivity contribution in [3.8, 4) is 0 Å². The van der Waals surface area contributed by atoms with Crippen LogP contribution in [-0.4, -0.2) is 37.6 Å². The molecule has 5 heteroatoms. The summed E-state index contributed by atoms with van der Waals surface area (Å²) in [4.78, 5) is 13.6. The lowest BCUT2D eigenvalue weighted by atomic mass is 10.1. The Hall–Kier alpha value is -0.290. The van der Waals surface area contributed by atoms with E-state index in [1.165, 1.54) is 11.8 Å². The number of nitrogens with zero attached hydrogens (tertiary/aromatic N) is 1. The third-order valence-electron chi connectivity index (χ3n) is 2.26. The van der Waals surface area contributed by atoms with Crippen molar-refractivity contribution in [2.75, 3.05) is 5.75 Å². The van der Waals surface area contributed by atoms with Crippen LogP contribution in [0.4, 0.5) is 0 Å². The van der Waals surface area contributed by atoms with Gasteiger partial charge in [-0.25, -0.2) is 4.79 Å². The van der Waals surface area contributed by atoms with E-state index < -0.39 is 11.3 Å². The summed E-state index contributed by atoms with van der Waals surface area (Å²) in [5.74, 6) is 0.0146. The summed E-state index contributed by atoms with van der Waals surface area (Å²) in [6, 6.07) is 0. The zero-order valence-electron chi connectivity index (χ0n) is 8.61. The Morgan fingerprint density at radius 3 is 2.71 bits per heavy atom. The van der Waals surface area contributed by atoms with E-state index in [1.54, 1.807) is 0 Å². The second kappa shape index (κ2) is 4.06. The van der Waals surface area contributed by atoms with Gasteiger partial charge in [0, 0.05) is 11.3 Å². The highest BCUT2D eigenvalue weighted by Gasteiger charge is 2.44. The van der Waals surface area contributed by atoms with Gasteiger partial charge >= 0.3 is 5.97 Å². The molecule has 0 saturated carbocycles. The largest absolute Gasteiger partial charge is 0.479 e. The van der Waals surface area contributed by atoms with Gasteiger partial charge in [0.2, 0.25) is 0 Å². The molecule has 14 heavy (non-hydrogen) atoms. The van der Waals surface area contributed by atoms with Crippen LogP contribution in [0, 0.1) is 0 Å². The van der Waals surface area contributed by atoms with Crippen LogP contribution in [0.5, 0.6) is 0 Å². The number of carboxylic acid groups (broad SMARTS) is 1. The van der Waals surface area contributed by atoms with Crippen LogP contribution in [0.1, 0.15) is 27.2 Å². The summed E-state index contributed by atoms with van der Waals surface area (Å²) < 4.78 is 0. The van der Waals surface area contributed by atoms with Crippen molar-refractivity contribution in [3.63, 3.8) is 0 Å².